The molecule has 2 atom stereocenters. The van der Waals surface area contributed by atoms with Crippen LogP contribution in [-0.2, 0) is 11.0 Å². The number of halogens is 3. The summed E-state index contributed by atoms with van der Waals surface area (Å²) in [7, 11) is 0. The third-order valence-electron chi connectivity index (χ3n) is 4.14. The van der Waals surface area contributed by atoms with Crippen LogP contribution in [0.5, 0.6) is 0 Å². The van der Waals surface area contributed by atoms with Gasteiger partial charge in [0.05, 0.1) is 11.6 Å². The number of hydrogen-bond acceptors (Lipinski definition) is 2. The number of alkyl halides is 3. The van der Waals surface area contributed by atoms with Gasteiger partial charge in [0.25, 0.3) is 0 Å². The molecule has 0 spiro atoms. The molecule has 1 fully saturated rings. The van der Waals surface area contributed by atoms with E-state index < -0.39 is 23.8 Å². The number of carbonyl (C=O) groups excluding carboxylic acids is 2. The van der Waals surface area contributed by atoms with Crippen LogP contribution in [0, 0.1) is 0 Å². The standard InChI is InChI=1S/C16H20F3N3O2/c1-10(21-15(20)24)14(23)22-9-3-2-4-13(22)11-5-7-12(8-6-11)16(17,18)19/h5-8,10,13H,2-4,9H2,1H3,(H3,20,21,24). The Kier molecular flexibility index (Phi) is 5.36. The molecule has 0 saturated carbocycles. The first-order chi connectivity index (χ1) is 11.2. The minimum Gasteiger partial charge on any atom is -0.352 e. The molecule has 0 aromatic heterocycles. The van der Waals surface area contributed by atoms with Crippen LogP contribution >= 0.6 is 0 Å². The molecular weight excluding hydrogens is 323 g/mol. The van der Waals surface area contributed by atoms with Gasteiger partial charge in [-0.2, -0.15) is 13.2 Å². The van der Waals surface area contributed by atoms with Crippen molar-refractivity contribution in [1.82, 2.24) is 10.2 Å². The van der Waals surface area contributed by atoms with E-state index >= 15 is 0 Å². The van der Waals surface area contributed by atoms with E-state index in [2.05, 4.69) is 5.32 Å². The molecule has 2 unspecified atom stereocenters. The second-order valence-electron chi connectivity index (χ2n) is 5.89. The second-order valence-corrected chi connectivity index (χ2v) is 5.89. The predicted octanol–water partition coefficient (Wildman–Crippen LogP) is 2.82. The zero-order valence-corrected chi connectivity index (χ0v) is 13.3. The van der Waals surface area contributed by atoms with Gasteiger partial charge in [-0.1, -0.05) is 12.1 Å². The smallest absolute Gasteiger partial charge is 0.352 e. The minimum atomic E-state index is -4.39. The molecule has 24 heavy (non-hydrogen) atoms. The number of amides is 3. The van der Waals surface area contributed by atoms with Crippen molar-refractivity contribution in [1.29, 1.82) is 0 Å². The summed E-state index contributed by atoms with van der Waals surface area (Å²) < 4.78 is 38.0. The van der Waals surface area contributed by atoms with Crippen LogP contribution in [0.1, 0.15) is 43.4 Å². The highest BCUT2D eigenvalue weighted by molar-refractivity contribution is 5.86. The van der Waals surface area contributed by atoms with E-state index in [1.54, 1.807) is 4.90 Å². The Morgan fingerprint density at radius 2 is 1.88 bits per heavy atom. The van der Waals surface area contributed by atoms with Crippen LogP contribution in [0.15, 0.2) is 24.3 Å². The fraction of sp³-hybridized carbons (Fsp3) is 0.500. The number of piperidine rings is 1. The van der Waals surface area contributed by atoms with E-state index in [1.165, 1.54) is 19.1 Å². The third kappa shape index (κ3) is 4.18. The highest BCUT2D eigenvalue weighted by Crippen LogP contribution is 2.34. The molecule has 132 valence electrons. The highest BCUT2D eigenvalue weighted by atomic mass is 19.4. The number of hydrogen-bond donors (Lipinski definition) is 2. The number of urea groups is 1. The van der Waals surface area contributed by atoms with E-state index in [0.29, 0.717) is 18.5 Å². The van der Waals surface area contributed by atoms with Crippen molar-refractivity contribution >= 4 is 11.9 Å². The zero-order chi connectivity index (χ0) is 17.9. The van der Waals surface area contributed by atoms with Crippen LogP contribution in [0.4, 0.5) is 18.0 Å². The number of nitrogens with two attached hydrogens (primary N) is 1. The number of primary amides is 1. The van der Waals surface area contributed by atoms with Crippen molar-refractivity contribution in [2.24, 2.45) is 5.73 Å². The van der Waals surface area contributed by atoms with Crippen LogP contribution in [0.25, 0.3) is 0 Å². The fourth-order valence-corrected chi connectivity index (χ4v) is 2.96. The Balaban J connectivity index is 2.20. The Bertz CT molecular complexity index is 602. The number of benzene rings is 1. The Hall–Kier alpha value is -2.25. The van der Waals surface area contributed by atoms with E-state index in [-0.39, 0.29) is 11.9 Å². The molecule has 0 radical (unpaired) electrons. The van der Waals surface area contributed by atoms with Crippen LogP contribution < -0.4 is 11.1 Å². The van der Waals surface area contributed by atoms with Crippen LogP contribution in [-0.4, -0.2) is 29.4 Å². The van der Waals surface area contributed by atoms with Crippen LogP contribution in [0.2, 0.25) is 0 Å². The molecule has 8 heteroatoms. The Morgan fingerprint density at radius 3 is 2.42 bits per heavy atom. The van der Waals surface area contributed by atoms with Gasteiger partial charge >= 0.3 is 12.2 Å². The molecule has 0 bridgehead atoms. The number of likely N-dealkylation sites (tertiary alicyclic amines) is 1. The first-order valence-electron chi connectivity index (χ1n) is 7.73. The molecule has 1 aromatic carbocycles. The van der Waals surface area contributed by atoms with E-state index in [4.69, 9.17) is 5.73 Å². The summed E-state index contributed by atoms with van der Waals surface area (Å²) in [6, 6.07) is 2.99. The van der Waals surface area contributed by atoms with E-state index in [0.717, 1.165) is 25.0 Å². The largest absolute Gasteiger partial charge is 0.416 e. The molecular formula is C16H20F3N3O2. The molecule has 0 aliphatic carbocycles. The molecule has 5 nitrogen and oxygen atoms in total. The van der Waals surface area contributed by atoms with Gasteiger partial charge in [-0.3, -0.25) is 4.79 Å². The second kappa shape index (κ2) is 7.11. The van der Waals surface area contributed by atoms with E-state index in [9.17, 15) is 22.8 Å². The van der Waals surface area contributed by atoms with Crippen molar-refractivity contribution in [3.8, 4) is 0 Å². The molecule has 2 rings (SSSR count). The molecule has 1 aromatic rings. The monoisotopic (exact) mass is 343 g/mol. The van der Waals surface area contributed by atoms with Gasteiger partial charge in [-0.05, 0) is 43.9 Å². The van der Waals surface area contributed by atoms with Crippen molar-refractivity contribution in [2.75, 3.05) is 6.54 Å². The summed E-state index contributed by atoms with van der Waals surface area (Å²) in [6.07, 6.45) is -2.03. The minimum absolute atomic E-state index is 0.293. The van der Waals surface area contributed by atoms with Crippen molar-refractivity contribution in [2.45, 2.75) is 44.4 Å². The van der Waals surface area contributed by atoms with Crippen molar-refractivity contribution in [3.63, 3.8) is 0 Å². The molecule has 1 saturated heterocycles. The van der Waals surface area contributed by atoms with Gasteiger partial charge in [0, 0.05) is 6.54 Å². The predicted molar refractivity (Wildman–Crippen MR) is 81.9 cm³/mol. The topological polar surface area (TPSA) is 75.4 Å². The van der Waals surface area contributed by atoms with Gasteiger partial charge in [0.1, 0.15) is 6.04 Å². The lowest BCUT2D eigenvalue weighted by Gasteiger charge is -2.37. The fourth-order valence-electron chi connectivity index (χ4n) is 2.96. The van der Waals surface area contributed by atoms with Crippen LogP contribution in [0.3, 0.4) is 0 Å². The highest BCUT2D eigenvalue weighted by Gasteiger charge is 2.33. The Labute approximate surface area is 138 Å². The summed E-state index contributed by atoms with van der Waals surface area (Å²) in [5.74, 6) is -0.293. The molecule has 1 aliphatic heterocycles. The maximum Gasteiger partial charge on any atom is 0.416 e. The summed E-state index contributed by atoms with van der Waals surface area (Å²) in [5.41, 5.74) is 4.97. The first-order valence-corrected chi connectivity index (χ1v) is 7.73. The average molecular weight is 343 g/mol. The van der Waals surface area contributed by atoms with Gasteiger partial charge in [0.2, 0.25) is 5.91 Å². The normalized spacial score (nSPS) is 19.7. The summed E-state index contributed by atoms with van der Waals surface area (Å²) in [5, 5.41) is 2.34. The number of rotatable bonds is 3. The lowest BCUT2D eigenvalue weighted by Crippen LogP contribution is -2.50. The number of nitrogens with zero attached hydrogens (tertiary/aromatic N) is 1. The SMILES string of the molecule is CC(NC(N)=O)C(=O)N1CCCCC1c1ccc(C(F)(F)F)cc1. The first kappa shape index (κ1) is 18.1. The average Bonchev–Trinajstić information content (AvgIpc) is 2.53. The van der Waals surface area contributed by atoms with Gasteiger partial charge in [0.15, 0.2) is 0 Å². The number of carbonyl (C=O) groups is 2. The molecule has 1 heterocycles. The zero-order valence-electron chi connectivity index (χ0n) is 13.3. The van der Waals surface area contributed by atoms with Crippen molar-refractivity contribution < 1.29 is 22.8 Å². The van der Waals surface area contributed by atoms with Gasteiger partial charge in [-0.25, -0.2) is 4.79 Å². The quantitative estimate of drug-likeness (QED) is 0.885. The maximum absolute atomic E-state index is 12.7. The van der Waals surface area contributed by atoms with Gasteiger partial charge < -0.3 is 16.0 Å². The number of nitrogens with one attached hydrogen (secondary N) is 1. The molecule has 3 amide bonds. The lowest BCUT2D eigenvalue weighted by atomic mass is 9.94. The molecule has 3 N–H and O–H groups in total. The lowest BCUT2D eigenvalue weighted by molar-refractivity contribution is -0.138. The van der Waals surface area contributed by atoms with Crippen molar-refractivity contribution in [3.05, 3.63) is 35.4 Å². The summed E-state index contributed by atoms with van der Waals surface area (Å²) in [6.45, 7) is 2.03. The Morgan fingerprint density at radius 1 is 1.25 bits per heavy atom. The maximum atomic E-state index is 12.7. The summed E-state index contributed by atoms with van der Waals surface area (Å²) >= 11 is 0. The van der Waals surface area contributed by atoms with E-state index in [1.807, 2.05) is 0 Å². The molecule has 1 aliphatic rings. The van der Waals surface area contributed by atoms with Gasteiger partial charge in [-0.15, -0.1) is 0 Å². The third-order valence-corrected chi connectivity index (χ3v) is 4.14. The summed E-state index contributed by atoms with van der Waals surface area (Å²) in [4.78, 5) is 25.0.